The van der Waals surface area contributed by atoms with E-state index >= 15 is 0 Å². The molecule has 0 aliphatic heterocycles. The molecule has 1 rings (SSSR count). The fraction of sp³-hybridized carbons (Fsp3) is 0.500. The topological polar surface area (TPSA) is 24.1 Å². The Morgan fingerprint density at radius 1 is 0.882 bits per heavy atom. The van der Waals surface area contributed by atoms with E-state index in [2.05, 4.69) is 10.6 Å². The smallest absolute Gasteiger partial charge is 0.170 e. The van der Waals surface area contributed by atoms with E-state index < -0.39 is 0 Å². The van der Waals surface area contributed by atoms with Crippen LogP contribution < -0.4 is 10.6 Å². The lowest BCUT2D eigenvalue weighted by Crippen LogP contribution is -2.23. The fourth-order valence-electron chi connectivity index (χ4n) is 0.715. The summed E-state index contributed by atoms with van der Waals surface area (Å²) in [5, 5.41) is 6.48. The zero-order chi connectivity index (χ0) is 14.1. The van der Waals surface area contributed by atoms with E-state index in [0.29, 0.717) is 5.11 Å². The normalized spacial score (nSPS) is 6.76. The van der Waals surface area contributed by atoms with E-state index in [-0.39, 0.29) is 0 Å². The molecule has 0 bridgehead atoms. The largest absolute Gasteiger partial charge is 0.366 e. The van der Waals surface area contributed by atoms with Crippen LogP contribution in [0.2, 0.25) is 0 Å². The molecule has 0 amide bonds. The van der Waals surface area contributed by atoms with Crippen molar-refractivity contribution in [2.75, 3.05) is 12.4 Å². The van der Waals surface area contributed by atoms with E-state index in [9.17, 15) is 0 Å². The van der Waals surface area contributed by atoms with Gasteiger partial charge in [0.2, 0.25) is 0 Å². The molecule has 0 spiro atoms. The molecule has 0 heterocycles. The zero-order valence-electron chi connectivity index (χ0n) is 12.3. The molecule has 2 nitrogen and oxygen atoms in total. The van der Waals surface area contributed by atoms with Gasteiger partial charge in [-0.1, -0.05) is 59.7 Å². The van der Waals surface area contributed by atoms with E-state index in [0.717, 1.165) is 5.69 Å². The monoisotopic (exact) mass is 256 g/mol. The molecule has 0 atom stereocenters. The van der Waals surface area contributed by atoms with Crippen molar-refractivity contribution in [3.8, 4) is 0 Å². The van der Waals surface area contributed by atoms with Gasteiger partial charge in [0.15, 0.2) is 5.11 Å². The van der Waals surface area contributed by atoms with Gasteiger partial charge in [0, 0.05) is 12.7 Å². The second-order valence-corrected chi connectivity index (χ2v) is 2.48. The van der Waals surface area contributed by atoms with Gasteiger partial charge in [-0.05, 0) is 24.4 Å². The minimum Gasteiger partial charge on any atom is -0.366 e. The van der Waals surface area contributed by atoms with Gasteiger partial charge >= 0.3 is 0 Å². The van der Waals surface area contributed by atoms with Crippen LogP contribution in [0.1, 0.15) is 41.5 Å². The van der Waals surface area contributed by atoms with Gasteiger partial charge < -0.3 is 10.6 Å². The van der Waals surface area contributed by atoms with E-state index in [4.69, 9.17) is 12.2 Å². The Labute approximate surface area is 113 Å². The predicted molar refractivity (Wildman–Crippen MR) is 85.8 cm³/mol. The quantitative estimate of drug-likeness (QED) is 0.713. The predicted octanol–water partition coefficient (Wildman–Crippen LogP) is 4.68. The summed E-state index contributed by atoms with van der Waals surface area (Å²) in [7, 11) is 1.79. The first-order valence-electron chi connectivity index (χ1n) is 6.36. The number of benzene rings is 1. The summed E-state index contributed by atoms with van der Waals surface area (Å²) in [6.45, 7) is 12.0. The maximum absolute atomic E-state index is 4.92. The van der Waals surface area contributed by atoms with Crippen molar-refractivity contribution < 1.29 is 0 Å². The fourth-order valence-corrected chi connectivity index (χ4v) is 0.833. The Kier molecular flexibility index (Phi) is 25.4. The van der Waals surface area contributed by atoms with Crippen molar-refractivity contribution in [2.45, 2.75) is 41.5 Å². The summed E-state index contributed by atoms with van der Waals surface area (Å²) in [4.78, 5) is 0. The second kappa shape index (κ2) is 20.3. The van der Waals surface area contributed by atoms with Gasteiger partial charge in [0.25, 0.3) is 0 Å². The van der Waals surface area contributed by atoms with Crippen LogP contribution in [0.15, 0.2) is 30.3 Å². The minimum atomic E-state index is 0.635. The minimum absolute atomic E-state index is 0.635. The zero-order valence-corrected chi connectivity index (χ0v) is 13.1. The number of para-hydroxylation sites is 1. The number of thiocarbonyl (C=S) groups is 1. The Morgan fingerprint density at radius 2 is 1.29 bits per heavy atom. The molecule has 0 aliphatic rings. The lowest BCUT2D eigenvalue weighted by Gasteiger charge is -2.05. The molecule has 0 aliphatic carbocycles. The first-order chi connectivity index (χ1) is 8.33. The van der Waals surface area contributed by atoms with Crippen LogP contribution in [0.5, 0.6) is 0 Å². The lowest BCUT2D eigenvalue weighted by molar-refractivity contribution is 1.20. The van der Waals surface area contributed by atoms with Crippen LogP contribution in [0, 0.1) is 0 Å². The summed E-state index contributed by atoms with van der Waals surface area (Å²) in [5.74, 6) is 0. The number of hydrogen-bond acceptors (Lipinski definition) is 1. The van der Waals surface area contributed by atoms with Crippen LogP contribution in [-0.2, 0) is 0 Å². The summed E-state index contributed by atoms with van der Waals surface area (Å²) in [5.41, 5.74) is 1.01. The molecule has 0 fully saturated rings. The highest BCUT2D eigenvalue weighted by Crippen LogP contribution is 2.03. The van der Waals surface area contributed by atoms with Crippen molar-refractivity contribution in [1.82, 2.24) is 5.32 Å². The summed E-state index contributed by atoms with van der Waals surface area (Å²) < 4.78 is 0. The molecule has 0 unspecified atom stereocenters. The molecular weight excluding hydrogens is 228 g/mol. The van der Waals surface area contributed by atoms with Gasteiger partial charge in [0.1, 0.15) is 0 Å². The average Bonchev–Trinajstić information content (AvgIpc) is 2.46. The third kappa shape index (κ3) is 14.9. The van der Waals surface area contributed by atoms with Crippen molar-refractivity contribution in [1.29, 1.82) is 0 Å². The number of hydrogen-bond donors (Lipinski definition) is 2. The van der Waals surface area contributed by atoms with Crippen LogP contribution in [0.3, 0.4) is 0 Å². The second-order valence-electron chi connectivity index (χ2n) is 2.07. The van der Waals surface area contributed by atoms with Gasteiger partial charge in [-0.15, -0.1) is 0 Å². The van der Waals surface area contributed by atoms with Crippen LogP contribution in [0.25, 0.3) is 0 Å². The van der Waals surface area contributed by atoms with E-state index in [1.165, 1.54) is 0 Å². The van der Waals surface area contributed by atoms with Crippen LogP contribution in [-0.4, -0.2) is 12.2 Å². The third-order valence-electron chi connectivity index (χ3n) is 1.26. The maximum Gasteiger partial charge on any atom is 0.170 e. The third-order valence-corrected chi connectivity index (χ3v) is 1.56. The molecule has 1 aromatic rings. The highest BCUT2D eigenvalue weighted by atomic mass is 32.1. The summed E-state index contributed by atoms with van der Waals surface area (Å²) >= 11 is 4.92. The van der Waals surface area contributed by atoms with Gasteiger partial charge in [-0.25, -0.2) is 0 Å². The van der Waals surface area contributed by atoms with Crippen molar-refractivity contribution in [3.05, 3.63) is 30.3 Å². The van der Waals surface area contributed by atoms with Gasteiger partial charge in [-0.2, -0.15) is 0 Å². The van der Waals surface area contributed by atoms with E-state index in [1.54, 1.807) is 7.05 Å². The van der Waals surface area contributed by atoms with E-state index in [1.807, 2.05) is 71.9 Å². The summed E-state index contributed by atoms with van der Waals surface area (Å²) in [6, 6.07) is 9.81. The lowest BCUT2D eigenvalue weighted by atomic mass is 10.3. The molecule has 0 saturated carbocycles. The molecule has 3 heteroatoms. The number of anilines is 1. The highest BCUT2D eigenvalue weighted by Gasteiger charge is 1.90. The van der Waals surface area contributed by atoms with Crippen LogP contribution >= 0.6 is 12.2 Å². The summed E-state index contributed by atoms with van der Waals surface area (Å²) in [6.07, 6.45) is 0. The maximum atomic E-state index is 4.92. The first kappa shape index (κ1) is 21.2. The Morgan fingerprint density at radius 3 is 1.65 bits per heavy atom. The molecule has 0 aromatic heterocycles. The molecule has 0 saturated heterocycles. The Bertz CT molecular complexity index is 235. The Balaban J connectivity index is -0.000000285. The van der Waals surface area contributed by atoms with Gasteiger partial charge in [-0.3, -0.25) is 0 Å². The van der Waals surface area contributed by atoms with Crippen LogP contribution in [0.4, 0.5) is 5.69 Å². The SMILES string of the molecule is CC.CC.CC.CNC(=S)Nc1ccccc1. The molecule has 17 heavy (non-hydrogen) atoms. The van der Waals surface area contributed by atoms with Gasteiger partial charge in [0.05, 0.1) is 0 Å². The van der Waals surface area contributed by atoms with Crippen molar-refractivity contribution >= 4 is 23.0 Å². The molecular formula is C14H28N2S. The highest BCUT2D eigenvalue weighted by molar-refractivity contribution is 7.80. The molecule has 100 valence electrons. The molecule has 0 radical (unpaired) electrons. The standard InChI is InChI=1S/C8H10N2S.3C2H6/c1-9-8(11)10-7-5-3-2-4-6-7;3*1-2/h2-6H,1H3,(H2,9,10,11);3*1-2H3. The number of nitrogens with one attached hydrogen (secondary N) is 2. The average molecular weight is 256 g/mol. The Hall–Kier alpha value is -1.09. The molecule has 2 N–H and O–H groups in total. The number of rotatable bonds is 1. The molecule has 1 aromatic carbocycles. The van der Waals surface area contributed by atoms with Crippen molar-refractivity contribution in [2.24, 2.45) is 0 Å². The van der Waals surface area contributed by atoms with Crippen molar-refractivity contribution in [3.63, 3.8) is 0 Å². The first-order valence-corrected chi connectivity index (χ1v) is 6.77.